The number of carbonyl (C=O) groups excluding carboxylic acids is 1. The number of likely N-dealkylation sites (tertiary alicyclic amines) is 1. The van der Waals surface area contributed by atoms with Crippen LogP contribution >= 0.6 is 0 Å². The Kier molecular flexibility index (Phi) is 5.37. The maximum atomic E-state index is 12.9. The number of amides is 1. The predicted molar refractivity (Wildman–Crippen MR) is 105 cm³/mol. The van der Waals surface area contributed by atoms with E-state index in [0.717, 1.165) is 0 Å². The first-order valence-electron chi connectivity index (χ1n) is 8.82. The molecule has 0 saturated carbocycles. The fourth-order valence-electron chi connectivity index (χ4n) is 3.59. The Hall–Kier alpha value is -2.22. The first-order chi connectivity index (χ1) is 12.7. The second-order valence-corrected chi connectivity index (χ2v) is 8.89. The van der Waals surface area contributed by atoms with Gasteiger partial charge in [0.15, 0.2) is 0 Å². The van der Waals surface area contributed by atoms with Crippen molar-refractivity contribution in [2.75, 3.05) is 27.2 Å². The summed E-state index contributed by atoms with van der Waals surface area (Å²) >= 11 is 0. The average molecular weight is 388 g/mol. The fraction of sp³-hybridized carbons (Fsp3) is 0.350. The second kappa shape index (κ2) is 7.42. The molecule has 0 aromatic heterocycles. The number of nitrogens with zero attached hydrogens (tertiary/aromatic N) is 2. The lowest BCUT2D eigenvalue weighted by Gasteiger charge is -2.25. The Bertz CT molecular complexity index is 922. The highest BCUT2D eigenvalue weighted by Crippen LogP contribution is 2.31. The molecule has 1 aliphatic rings. The first-order valence-corrected chi connectivity index (χ1v) is 10.4. The van der Waals surface area contributed by atoms with Crippen molar-refractivity contribution in [2.45, 2.75) is 23.8 Å². The van der Waals surface area contributed by atoms with Gasteiger partial charge in [0.1, 0.15) is 0 Å². The summed E-state index contributed by atoms with van der Waals surface area (Å²) in [6.07, 6.45) is 0. The average Bonchev–Trinajstić information content (AvgIpc) is 3.07. The van der Waals surface area contributed by atoms with E-state index >= 15 is 0 Å². The largest absolute Gasteiger partial charge is 0.336 e. The summed E-state index contributed by atoms with van der Waals surface area (Å²) in [7, 11) is 0.293. The zero-order valence-corrected chi connectivity index (χ0v) is 16.6. The van der Waals surface area contributed by atoms with E-state index in [1.165, 1.54) is 35.4 Å². The molecule has 3 rings (SSSR count). The Morgan fingerprint density at radius 1 is 1.04 bits per heavy atom. The molecule has 2 aromatic rings. The molecule has 1 aliphatic heterocycles. The molecule has 1 heterocycles. The van der Waals surface area contributed by atoms with Crippen LogP contribution in [-0.4, -0.2) is 57.4 Å². The highest BCUT2D eigenvalue weighted by atomic mass is 32.2. The summed E-state index contributed by atoms with van der Waals surface area (Å²) in [6.45, 7) is 3.31. The van der Waals surface area contributed by atoms with Gasteiger partial charge in [0.25, 0.3) is 5.91 Å². The number of hydrogen-bond donors (Lipinski definition) is 1. The second-order valence-electron chi connectivity index (χ2n) is 7.33. The van der Waals surface area contributed by atoms with Gasteiger partial charge < -0.3 is 9.80 Å². The molecule has 2 N–H and O–H groups in total. The molecule has 0 spiro atoms. The smallest absolute Gasteiger partial charge is 0.253 e. The Labute approximate surface area is 160 Å². The number of likely N-dealkylation sites (N-methyl/N-ethyl adjacent to an activating group) is 1. The summed E-state index contributed by atoms with van der Waals surface area (Å²) in [6, 6.07) is 14.5. The van der Waals surface area contributed by atoms with Crippen LogP contribution in [0.4, 0.5) is 0 Å². The van der Waals surface area contributed by atoms with Crippen molar-refractivity contribution in [3.05, 3.63) is 65.2 Å². The highest BCUT2D eigenvalue weighted by Gasteiger charge is 2.37. The van der Waals surface area contributed by atoms with Crippen molar-refractivity contribution in [1.82, 2.24) is 9.80 Å². The third-order valence-corrected chi connectivity index (χ3v) is 6.10. The molecular weight excluding hydrogens is 362 g/mol. The third-order valence-electron chi connectivity index (χ3n) is 5.17. The minimum atomic E-state index is -3.76. The molecule has 7 heteroatoms. The van der Waals surface area contributed by atoms with E-state index in [1.54, 1.807) is 0 Å². The van der Waals surface area contributed by atoms with Crippen molar-refractivity contribution in [3.63, 3.8) is 0 Å². The molecule has 1 saturated heterocycles. The summed E-state index contributed by atoms with van der Waals surface area (Å²) in [5.74, 6) is 0.130. The Morgan fingerprint density at radius 3 is 2.15 bits per heavy atom. The molecule has 27 heavy (non-hydrogen) atoms. The van der Waals surface area contributed by atoms with Gasteiger partial charge >= 0.3 is 0 Å². The van der Waals surface area contributed by atoms with E-state index in [1.807, 2.05) is 19.0 Å². The van der Waals surface area contributed by atoms with Crippen molar-refractivity contribution in [3.8, 4) is 0 Å². The topological polar surface area (TPSA) is 83.7 Å². The minimum Gasteiger partial charge on any atom is -0.336 e. The number of nitrogens with two attached hydrogens (primary N) is 1. The fourth-order valence-corrected chi connectivity index (χ4v) is 4.10. The number of aryl methyl sites for hydroxylation is 1. The Balaban J connectivity index is 1.82. The number of hydrogen-bond acceptors (Lipinski definition) is 4. The van der Waals surface area contributed by atoms with E-state index in [-0.39, 0.29) is 22.8 Å². The van der Waals surface area contributed by atoms with Gasteiger partial charge in [-0.2, -0.15) is 0 Å². The Morgan fingerprint density at radius 2 is 1.63 bits per heavy atom. The SMILES string of the molecule is Cc1ccc([C@@H]2CN(C(=O)c3ccc(S(N)(=O)=O)cc3)C[C@H]2N(C)C)cc1. The van der Waals surface area contributed by atoms with Gasteiger partial charge in [-0.3, -0.25) is 4.79 Å². The van der Waals surface area contributed by atoms with Crippen LogP contribution in [0.25, 0.3) is 0 Å². The monoisotopic (exact) mass is 387 g/mol. The van der Waals surface area contributed by atoms with Crippen molar-refractivity contribution in [2.24, 2.45) is 5.14 Å². The van der Waals surface area contributed by atoms with Gasteiger partial charge in [0.05, 0.1) is 4.90 Å². The van der Waals surface area contributed by atoms with Crippen LogP contribution in [0.1, 0.15) is 27.4 Å². The van der Waals surface area contributed by atoms with Crippen molar-refractivity contribution < 1.29 is 13.2 Å². The van der Waals surface area contributed by atoms with Gasteiger partial charge in [0.2, 0.25) is 10.0 Å². The quantitative estimate of drug-likeness (QED) is 0.867. The lowest BCUT2D eigenvalue weighted by molar-refractivity contribution is 0.0782. The van der Waals surface area contributed by atoms with Crippen LogP contribution in [0.15, 0.2) is 53.4 Å². The van der Waals surface area contributed by atoms with Gasteiger partial charge in [-0.1, -0.05) is 29.8 Å². The normalized spacial score (nSPS) is 20.3. The zero-order chi connectivity index (χ0) is 19.8. The molecule has 0 radical (unpaired) electrons. The molecule has 0 unspecified atom stereocenters. The molecule has 1 amide bonds. The number of rotatable bonds is 4. The number of primary sulfonamides is 1. The van der Waals surface area contributed by atoms with Crippen LogP contribution in [0.2, 0.25) is 0 Å². The van der Waals surface area contributed by atoms with E-state index in [4.69, 9.17) is 5.14 Å². The van der Waals surface area contributed by atoms with Gasteiger partial charge in [-0.05, 0) is 50.8 Å². The molecule has 6 nitrogen and oxygen atoms in total. The van der Waals surface area contributed by atoms with E-state index in [0.29, 0.717) is 18.7 Å². The maximum Gasteiger partial charge on any atom is 0.253 e. The minimum absolute atomic E-state index is 0.00386. The molecule has 0 aliphatic carbocycles. The number of carbonyl (C=O) groups is 1. The van der Waals surface area contributed by atoms with Crippen LogP contribution in [0, 0.1) is 6.92 Å². The van der Waals surface area contributed by atoms with Crippen LogP contribution in [0.5, 0.6) is 0 Å². The summed E-state index contributed by atoms with van der Waals surface area (Å²) in [5.41, 5.74) is 2.89. The van der Waals surface area contributed by atoms with Crippen LogP contribution in [-0.2, 0) is 10.0 Å². The zero-order valence-electron chi connectivity index (χ0n) is 15.8. The first kappa shape index (κ1) is 19.5. The van der Waals surface area contributed by atoms with Crippen LogP contribution < -0.4 is 5.14 Å². The lowest BCUT2D eigenvalue weighted by Crippen LogP contribution is -2.35. The summed E-state index contributed by atoms with van der Waals surface area (Å²) in [4.78, 5) is 16.9. The van der Waals surface area contributed by atoms with E-state index in [9.17, 15) is 13.2 Å². The van der Waals surface area contributed by atoms with Crippen molar-refractivity contribution >= 4 is 15.9 Å². The van der Waals surface area contributed by atoms with Gasteiger partial charge in [0, 0.05) is 30.6 Å². The van der Waals surface area contributed by atoms with Crippen molar-refractivity contribution in [1.29, 1.82) is 0 Å². The van der Waals surface area contributed by atoms with Crippen LogP contribution in [0.3, 0.4) is 0 Å². The summed E-state index contributed by atoms with van der Waals surface area (Å²) < 4.78 is 22.8. The number of sulfonamides is 1. The predicted octanol–water partition coefficient (Wildman–Crippen LogP) is 1.81. The lowest BCUT2D eigenvalue weighted by atomic mass is 9.93. The summed E-state index contributed by atoms with van der Waals surface area (Å²) in [5, 5.41) is 5.12. The van der Waals surface area contributed by atoms with E-state index in [2.05, 4.69) is 36.1 Å². The van der Waals surface area contributed by atoms with Gasteiger partial charge in [-0.25, -0.2) is 13.6 Å². The molecule has 0 bridgehead atoms. The third kappa shape index (κ3) is 4.21. The number of benzene rings is 2. The molecule has 2 atom stereocenters. The maximum absolute atomic E-state index is 12.9. The molecule has 144 valence electrons. The molecule has 2 aromatic carbocycles. The molecular formula is C20H25N3O3S. The molecule has 1 fully saturated rings. The van der Waals surface area contributed by atoms with Gasteiger partial charge in [-0.15, -0.1) is 0 Å². The van der Waals surface area contributed by atoms with E-state index < -0.39 is 10.0 Å². The highest BCUT2D eigenvalue weighted by molar-refractivity contribution is 7.89. The standard InChI is InChI=1S/C20H25N3O3S/c1-14-4-6-15(7-5-14)18-12-23(13-19(18)22(2)3)20(24)16-8-10-17(11-9-16)27(21,25)26/h4-11,18-19H,12-13H2,1-3H3,(H2,21,25,26)/t18-,19+/m0/s1.